The van der Waals surface area contributed by atoms with E-state index in [2.05, 4.69) is 9.72 Å². The molecule has 0 radical (unpaired) electrons. The summed E-state index contributed by atoms with van der Waals surface area (Å²) in [6.45, 7) is 0. The lowest BCUT2D eigenvalue weighted by Crippen LogP contribution is -2.01. The van der Waals surface area contributed by atoms with Crippen LogP contribution in [0.1, 0.15) is 12.1 Å². The van der Waals surface area contributed by atoms with Crippen molar-refractivity contribution in [1.29, 1.82) is 0 Å². The van der Waals surface area contributed by atoms with Crippen molar-refractivity contribution in [3.05, 3.63) is 24.0 Å². The predicted molar refractivity (Wildman–Crippen MR) is 61.4 cm³/mol. The quantitative estimate of drug-likeness (QED) is 0.608. The molecule has 1 aromatic rings. The highest BCUT2D eigenvalue weighted by Gasteiger charge is 2.00. The Morgan fingerprint density at radius 1 is 1.67 bits per heavy atom. The summed E-state index contributed by atoms with van der Waals surface area (Å²) in [5, 5.41) is 0. The summed E-state index contributed by atoms with van der Waals surface area (Å²) in [7, 11) is 1.40. The van der Waals surface area contributed by atoms with E-state index in [1.165, 1.54) is 7.11 Å². The third kappa shape index (κ3) is 4.69. The Labute approximate surface area is 93.2 Å². The summed E-state index contributed by atoms with van der Waals surface area (Å²) >= 11 is 1.64. The van der Waals surface area contributed by atoms with Gasteiger partial charge in [0, 0.05) is 23.4 Å². The summed E-state index contributed by atoms with van der Waals surface area (Å²) in [4.78, 5) is 15.0. The van der Waals surface area contributed by atoms with Crippen molar-refractivity contribution in [3.63, 3.8) is 0 Å². The number of hydrogen-bond acceptors (Lipinski definition) is 5. The molecule has 0 aliphatic rings. The molecular formula is C10H14N2O2S. The number of nitrogens with two attached hydrogens (primary N) is 1. The molecule has 1 aromatic heterocycles. The van der Waals surface area contributed by atoms with E-state index in [-0.39, 0.29) is 5.97 Å². The molecule has 15 heavy (non-hydrogen) atoms. The maximum absolute atomic E-state index is 10.8. The number of aromatic nitrogens is 1. The molecule has 0 amide bonds. The monoisotopic (exact) mass is 226 g/mol. The van der Waals surface area contributed by atoms with Crippen LogP contribution in [0.2, 0.25) is 0 Å². The van der Waals surface area contributed by atoms with Gasteiger partial charge in [-0.1, -0.05) is 0 Å². The van der Waals surface area contributed by atoms with Gasteiger partial charge in [-0.2, -0.15) is 11.8 Å². The lowest BCUT2D eigenvalue weighted by Gasteiger charge is -2.01. The second-order valence-corrected chi connectivity index (χ2v) is 4.06. The van der Waals surface area contributed by atoms with Crippen molar-refractivity contribution in [2.75, 3.05) is 18.6 Å². The molecule has 1 heterocycles. The molecule has 0 atom stereocenters. The number of methoxy groups -OCH3 is 1. The molecule has 4 nitrogen and oxygen atoms in total. The summed E-state index contributed by atoms with van der Waals surface area (Å²) in [6.07, 6.45) is 2.12. The minimum Gasteiger partial charge on any atom is -0.469 e. The van der Waals surface area contributed by atoms with E-state index in [4.69, 9.17) is 5.73 Å². The minimum absolute atomic E-state index is 0.178. The zero-order chi connectivity index (χ0) is 11.1. The van der Waals surface area contributed by atoms with Crippen molar-refractivity contribution < 1.29 is 9.53 Å². The smallest absolute Gasteiger partial charge is 0.306 e. The molecule has 82 valence electrons. The molecule has 0 spiro atoms. The van der Waals surface area contributed by atoms with Crippen LogP contribution < -0.4 is 5.73 Å². The van der Waals surface area contributed by atoms with Crippen LogP contribution in [-0.2, 0) is 15.3 Å². The fourth-order valence-corrected chi connectivity index (χ4v) is 1.83. The number of anilines is 1. The minimum atomic E-state index is -0.178. The molecular weight excluding hydrogens is 212 g/mol. The van der Waals surface area contributed by atoms with Gasteiger partial charge in [0.2, 0.25) is 0 Å². The van der Waals surface area contributed by atoms with E-state index in [0.717, 1.165) is 17.2 Å². The first-order chi connectivity index (χ1) is 7.22. The maximum atomic E-state index is 10.8. The number of carbonyl (C=O) groups is 1. The van der Waals surface area contributed by atoms with E-state index < -0.39 is 0 Å². The number of thioether (sulfide) groups is 1. The highest BCUT2D eigenvalue weighted by Crippen LogP contribution is 2.13. The summed E-state index contributed by atoms with van der Waals surface area (Å²) < 4.78 is 4.53. The second-order valence-electron chi connectivity index (χ2n) is 2.96. The first kappa shape index (κ1) is 11.8. The molecule has 0 aromatic carbocycles. The molecule has 0 bridgehead atoms. The molecule has 0 unspecified atom stereocenters. The maximum Gasteiger partial charge on any atom is 0.306 e. The molecule has 0 aliphatic carbocycles. The van der Waals surface area contributed by atoms with Gasteiger partial charge in [-0.3, -0.25) is 9.78 Å². The average Bonchev–Trinajstić information content (AvgIpc) is 2.24. The summed E-state index contributed by atoms with van der Waals surface area (Å²) in [6, 6.07) is 3.59. The number of hydrogen-bond donors (Lipinski definition) is 1. The highest BCUT2D eigenvalue weighted by atomic mass is 32.2. The Kier molecular flexibility index (Phi) is 4.97. The van der Waals surface area contributed by atoms with Gasteiger partial charge in [-0.05, 0) is 12.1 Å². The molecule has 0 fully saturated rings. The van der Waals surface area contributed by atoms with Crippen LogP contribution in [0.15, 0.2) is 18.3 Å². The number of ether oxygens (including phenoxy) is 1. The van der Waals surface area contributed by atoms with E-state index in [0.29, 0.717) is 12.1 Å². The van der Waals surface area contributed by atoms with Crippen LogP contribution in [0, 0.1) is 0 Å². The zero-order valence-electron chi connectivity index (χ0n) is 8.60. The molecule has 0 saturated carbocycles. The number of nitrogen functional groups attached to an aromatic ring is 1. The van der Waals surface area contributed by atoms with Gasteiger partial charge in [0.15, 0.2) is 0 Å². The van der Waals surface area contributed by atoms with Crippen LogP contribution in [-0.4, -0.2) is 23.8 Å². The average molecular weight is 226 g/mol. The lowest BCUT2D eigenvalue weighted by atomic mass is 10.3. The number of esters is 1. The van der Waals surface area contributed by atoms with E-state index in [1.807, 2.05) is 6.07 Å². The predicted octanol–water partition coefficient (Wildman–Crippen LogP) is 1.46. The van der Waals surface area contributed by atoms with E-state index >= 15 is 0 Å². The lowest BCUT2D eigenvalue weighted by molar-refractivity contribution is -0.140. The second kappa shape index (κ2) is 6.29. The molecule has 0 saturated heterocycles. The van der Waals surface area contributed by atoms with Gasteiger partial charge < -0.3 is 10.5 Å². The van der Waals surface area contributed by atoms with Crippen molar-refractivity contribution in [3.8, 4) is 0 Å². The topological polar surface area (TPSA) is 65.2 Å². The zero-order valence-corrected chi connectivity index (χ0v) is 9.42. The van der Waals surface area contributed by atoms with Crippen molar-refractivity contribution in [1.82, 2.24) is 4.98 Å². The van der Waals surface area contributed by atoms with Gasteiger partial charge in [-0.25, -0.2) is 0 Å². The fraction of sp³-hybridized carbons (Fsp3) is 0.400. The third-order valence-electron chi connectivity index (χ3n) is 1.77. The van der Waals surface area contributed by atoms with Gasteiger partial charge in [0.25, 0.3) is 0 Å². The fourth-order valence-electron chi connectivity index (χ4n) is 1.01. The van der Waals surface area contributed by atoms with Crippen molar-refractivity contribution in [2.45, 2.75) is 12.2 Å². The molecule has 5 heteroatoms. The van der Waals surface area contributed by atoms with Crippen molar-refractivity contribution >= 4 is 23.4 Å². The van der Waals surface area contributed by atoms with Crippen LogP contribution in [0.3, 0.4) is 0 Å². The van der Waals surface area contributed by atoms with Crippen LogP contribution in [0.5, 0.6) is 0 Å². The standard InChI is InChI=1S/C10H14N2O2S/c1-14-10(13)3-5-15-7-9-6-8(11)2-4-12-9/h2,4,6H,3,5,7H2,1H3,(H2,11,12). The first-order valence-corrected chi connectivity index (χ1v) is 5.73. The Bertz CT molecular complexity index is 331. The molecule has 1 rings (SSSR count). The first-order valence-electron chi connectivity index (χ1n) is 4.57. The Morgan fingerprint density at radius 3 is 3.13 bits per heavy atom. The van der Waals surface area contributed by atoms with Crippen LogP contribution in [0.25, 0.3) is 0 Å². The summed E-state index contributed by atoms with van der Waals surface area (Å²) in [5.74, 6) is 1.33. The highest BCUT2D eigenvalue weighted by molar-refractivity contribution is 7.98. The van der Waals surface area contributed by atoms with Gasteiger partial charge in [-0.15, -0.1) is 0 Å². The Balaban J connectivity index is 2.23. The summed E-state index contributed by atoms with van der Waals surface area (Å²) in [5.41, 5.74) is 7.26. The van der Waals surface area contributed by atoms with Crippen LogP contribution >= 0.6 is 11.8 Å². The Hall–Kier alpha value is -1.23. The number of nitrogens with zero attached hydrogens (tertiary/aromatic N) is 1. The number of carbonyl (C=O) groups excluding carboxylic acids is 1. The Morgan fingerprint density at radius 2 is 2.47 bits per heavy atom. The normalized spacial score (nSPS) is 9.93. The number of rotatable bonds is 5. The molecule has 2 N–H and O–H groups in total. The van der Waals surface area contributed by atoms with Crippen LogP contribution in [0.4, 0.5) is 5.69 Å². The SMILES string of the molecule is COC(=O)CCSCc1cc(N)ccn1. The van der Waals surface area contributed by atoms with Crippen molar-refractivity contribution in [2.24, 2.45) is 0 Å². The molecule has 0 aliphatic heterocycles. The van der Waals surface area contributed by atoms with Gasteiger partial charge in [0.1, 0.15) is 0 Å². The largest absolute Gasteiger partial charge is 0.469 e. The van der Waals surface area contributed by atoms with Gasteiger partial charge >= 0.3 is 5.97 Å². The van der Waals surface area contributed by atoms with E-state index in [1.54, 1.807) is 24.0 Å². The van der Waals surface area contributed by atoms with Gasteiger partial charge in [0.05, 0.1) is 19.2 Å². The van der Waals surface area contributed by atoms with E-state index in [9.17, 15) is 4.79 Å². The third-order valence-corrected chi connectivity index (χ3v) is 2.76. The number of pyridine rings is 1.